The SMILES string of the molecule is CC[C@@H](C)[C@H](NC(=O)NCc1ccco1)C(=O)O. The summed E-state index contributed by atoms with van der Waals surface area (Å²) in [5, 5.41) is 14.0. The fourth-order valence-corrected chi connectivity index (χ4v) is 1.46. The van der Waals surface area contributed by atoms with Crippen molar-refractivity contribution >= 4 is 12.0 Å². The molecule has 0 saturated heterocycles. The molecule has 6 nitrogen and oxygen atoms in total. The van der Waals surface area contributed by atoms with E-state index in [2.05, 4.69) is 10.6 Å². The van der Waals surface area contributed by atoms with E-state index in [0.717, 1.165) is 0 Å². The second-order valence-corrected chi connectivity index (χ2v) is 4.11. The summed E-state index contributed by atoms with van der Waals surface area (Å²) < 4.78 is 5.05. The van der Waals surface area contributed by atoms with Crippen molar-refractivity contribution in [3.63, 3.8) is 0 Å². The third-order valence-corrected chi connectivity index (χ3v) is 2.77. The molecule has 18 heavy (non-hydrogen) atoms. The van der Waals surface area contributed by atoms with Gasteiger partial charge in [0.25, 0.3) is 0 Å². The van der Waals surface area contributed by atoms with Crippen molar-refractivity contribution in [2.24, 2.45) is 5.92 Å². The van der Waals surface area contributed by atoms with Crippen LogP contribution in [-0.2, 0) is 11.3 Å². The maximum absolute atomic E-state index is 11.5. The minimum absolute atomic E-state index is 0.128. The number of urea groups is 1. The number of carbonyl (C=O) groups excluding carboxylic acids is 1. The number of hydrogen-bond donors (Lipinski definition) is 3. The Morgan fingerprint density at radius 1 is 1.50 bits per heavy atom. The highest BCUT2D eigenvalue weighted by Gasteiger charge is 2.25. The van der Waals surface area contributed by atoms with Gasteiger partial charge in [0, 0.05) is 0 Å². The Kier molecular flexibility index (Phi) is 5.23. The van der Waals surface area contributed by atoms with E-state index in [9.17, 15) is 9.59 Å². The molecule has 100 valence electrons. The zero-order valence-electron chi connectivity index (χ0n) is 10.5. The van der Waals surface area contributed by atoms with Crippen molar-refractivity contribution < 1.29 is 19.1 Å². The van der Waals surface area contributed by atoms with E-state index < -0.39 is 18.0 Å². The van der Waals surface area contributed by atoms with Gasteiger partial charge in [-0.1, -0.05) is 20.3 Å². The van der Waals surface area contributed by atoms with E-state index >= 15 is 0 Å². The van der Waals surface area contributed by atoms with E-state index in [1.54, 1.807) is 19.1 Å². The molecular formula is C12H18N2O4. The van der Waals surface area contributed by atoms with Crippen molar-refractivity contribution in [1.29, 1.82) is 0 Å². The van der Waals surface area contributed by atoms with E-state index in [4.69, 9.17) is 9.52 Å². The largest absolute Gasteiger partial charge is 0.480 e. The first kappa shape index (κ1) is 14.1. The van der Waals surface area contributed by atoms with Gasteiger partial charge < -0.3 is 20.2 Å². The highest BCUT2D eigenvalue weighted by atomic mass is 16.4. The normalized spacial score (nSPS) is 13.7. The first-order valence-corrected chi connectivity index (χ1v) is 5.84. The number of carboxylic acids is 1. The number of nitrogens with one attached hydrogen (secondary N) is 2. The summed E-state index contributed by atoms with van der Waals surface area (Å²) in [4.78, 5) is 22.6. The van der Waals surface area contributed by atoms with Gasteiger partial charge in [-0.05, 0) is 18.1 Å². The van der Waals surface area contributed by atoms with Gasteiger partial charge in [-0.25, -0.2) is 9.59 Å². The van der Waals surface area contributed by atoms with Gasteiger partial charge in [0.05, 0.1) is 12.8 Å². The van der Waals surface area contributed by atoms with Gasteiger partial charge in [-0.2, -0.15) is 0 Å². The van der Waals surface area contributed by atoms with Crippen molar-refractivity contribution in [2.45, 2.75) is 32.9 Å². The maximum Gasteiger partial charge on any atom is 0.326 e. The zero-order chi connectivity index (χ0) is 13.5. The van der Waals surface area contributed by atoms with Crippen LogP contribution in [0.4, 0.5) is 4.79 Å². The lowest BCUT2D eigenvalue weighted by molar-refractivity contribution is -0.140. The van der Waals surface area contributed by atoms with Gasteiger partial charge in [0.1, 0.15) is 11.8 Å². The number of rotatable bonds is 6. The molecule has 0 spiro atoms. The molecule has 6 heteroatoms. The molecule has 2 atom stereocenters. The van der Waals surface area contributed by atoms with E-state index in [0.29, 0.717) is 12.2 Å². The Balaban J connectivity index is 2.44. The van der Waals surface area contributed by atoms with E-state index in [-0.39, 0.29) is 12.5 Å². The molecule has 0 radical (unpaired) electrons. The van der Waals surface area contributed by atoms with Gasteiger partial charge in [-0.3, -0.25) is 0 Å². The van der Waals surface area contributed by atoms with Crippen LogP contribution < -0.4 is 10.6 Å². The highest BCUT2D eigenvalue weighted by Crippen LogP contribution is 2.07. The molecule has 1 rings (SSSR count). The van der Waals surface area contributed by atoms with Crippen LogP contribution in [0.25, 0.3) is 0 Å². The molecule has 2 amide bonds. The molecule has 0 aromatic carbocycles. The first-order valence-electron chi connectivity index (χ1n) is 5.84. The Morgan fingerprint density at radius 2 is 2.22 bits per heavy atom. The minimum atomic E-state index is -1.03. The lowest BCUT2D eigenvalue weighted by atomic mass is 9.99. The molecule has 0 unspecified atom stereocenters. The zero-order valence-corrected chi connectivity index (χ0v) is 10.5. The van der Waals surface area contributed by atoms with Gasteiger partial charge in [0.2, 0.25) is 0 Å². The summed E-state index contributed by atoms with van der Waals surface area (Å²) in [6, 6.07) is 2.04. The van der Waals surface area contributed by atoms with Crippen LogP contribution >= 0.6 is 0 Å². The average molecular weight is 254 g/mol. The van der Waals surface area contributed by atoms with Crippen LogP contribution in [0.15, 0.2) is 22.8 Å². The fraction of sp³-hybridized carbons (Fsp3) is 0.500. The smallest absolute Gasteiger partial charge is 0.326 e. The Hall–Kier alpha value is -1.98. The van der Waals surface area contributed by atoms with Crippen LogP contribution in [0.5, 0.6) is 0 Å². The number of amides is 2. The van der Waals surface area contributed by atoms with Crippen LogP contribution in [0.2, 0.25) is 0 Å². The lowest BCUT2D eigenvalue weighted by Crippen LogP contribution is -2.48. The van der Waals surface area contributed by atoms with Crippen LogP contribution in [-0.4, -0.2) is 23.1 Å². The summed E-state index contributed by atoms with van der Waals surface area (Å²) in [7, 11) is 0. The third-order valence-electron chi connectivity index (χ3n) is 2.77. The Bertz CT molecular complexity index is 389. The summed E-state index contributed by atoms with van der Waals surface area (Å²) in [5.74, 6) is -0.546. The second-order valence-electron chi connectivity index (χ2n) is 4.11. The third kappa shape index (κ3) is 4.12. The average Bonchev–Trinajstić information content (AvgIpc) is 2.85. The Morgan fingerprint density at radius 3 is 2.72 bits per heavy atom. The van der Waals surface area contributed by atoms with Crippen LogP contribution in [0.3, 0.4) is 0 Å². The van der Waals surface area contributed by atoms with E-state index in [1.165, 1.54) is 6.26 Å². The molecule has 0 bridgehead atoms. The predicted molar refractivity (Wildman–Crippen MR) is 65.0 cm³/mol. The molecule has 1 aromatic heterocycles. The number of furan rings is 1. The summed E-state index contributed by atoms with van der Waals surface area (Å²) >= 11 is 0. The first-order chi connectivity index (χ1) is 8.54. The quantitative estimate of drug-likeness (QED) is 0.718. The summed E-state index contributed by atoms with van der Waals surface area (Å²) in [5.41, 5.74) is 0. The Labute approximate surface area is 105 Å². The molecule has 0 fully saturated rings. The van der Waals surface area contributed by atoms with Crippen LogP contribution in [0, 0.1) is 5.92 Å². The highest BCUT2D eigenvalue weighted by molar-refractivity contribution is 5.82. The topological polar surface area (TPSA) is 91.6 Å². The van der Waals surface area contributed by atoms with Crippen LogP contribution in [0.1, 0.15) is 26.0 Å². The molecule has 0 saturated carbocycles. The number of aliphatic carboxylic acids is 1. The summed E-state index contributed by atoms with van der Waals surface area (Å²) in [6.45, 7) is 3.89. The maximum atomic E-state index is 11.5. The molecule has 0 aliphatic rings. The standard InChI is InChI=1S/C12H18N2O4/c1-3-8(2)10(11(15)16)14-12(17)13-7-9-5-4-6-18-9/h4-6,8,10H,3,7H2,1-2H3,(H,15,16)(H2,13,14,17)/t8-,10+/m1/s1. The van der Waals surface area contributed by atoms with E-state index in [1.807, 2.05) is 6.92 Å². The monoisotopic (exact) mass is 254 g/mol. The molecule has 1 aromatic rings. The fourth-order valence-electron chi connectivity index (χ4n) is 1.46. The van der Waals surface area contributed by atoms with Crippen molar-refractivity contribution in [3.8, 4) is 0 Å². The van der Waals surface area contributed by atoms with Gasteiger partial charge >= 0.3 is 12.0 Å². The predicted octanol–water partition coefficient (Wildman–Crippen LogP) is 1.58. The van der Waals surface area contributed by atoms with Crippen molar-refractivity contribution in [3.05, 3.63) is 24.2 Å². The molecule has 3 N–H and O–H groups in total. The number of carboxylic acid groups (broad SMARTS) is 1. The molecule has 1 heterocycles. The molecule has 0 aliphatic heterocycles. The van der Waals surface area contributed by atoms with Crippen molar-refractivity contribution in [1.82, 2.24) is 10.6 Å². The minimum Gasteiger partial charge on any atom is -0.480 e. The van der Waals surface area contributed by atoms with Gasteiger partial charge in [-0.15, -0.1) is 0 Å². The van der Waals surface area contributed by atoms with Crippen molar-refractivity contribution in [2.75, 3.05) is 0 Å². The lowest BCUT2D eigenvalue weighted by Gasteiger charge is -2.20. The summed E-state index contributed by atoms with van der Waals surface area (Å²) in [6.07, 6.45) is 2.18. The van der Waals surface area contributed by atoms with Gasteiger partial charge in [0.15, 0.2) is 0 Å². The number of carbonyl (C=O) groups is 2. The molecule has 0 aliphatic carbocycles. The second kappa shape index (κ2) is 6.68. The number of hydrogen-bond acceptors (Lipinski definition) is 3. The molecular weight excluding hydrogens is 236 g/mol.